The Labute approximate surface area is 166 Å². The number of benzene rings is 1. The number of aliphatic hydroxyl groups excluding tert-OH is 1. The van der Waals surface area contributed by atoms with Crippen LogP contribution in [0.3, 0.4) is 0 Å². The summed E-state index contributed by atoms with van der Waals surface area (Å²) in [5.41, 5.74) is -0.232. The molecule has 6 nitrogen and oxygen atoms in total. The van der Waals surface area contributed by atoms with Gasteiger partial charge >= 0.3 is 11.9 Å². The summed E-state index contributed by atoms with van der Waals surface area (Å²) in [7, 11) is 0. The van der Waals surface area contributed by atoms with Crippen LogP contribution in [0.4, 0.5) is 5.69 Å². The van der Waals surface area contributed by atoms with E-state index in [0.29, 0.717) is 0 Å². The van der Waals surface area contributed by atoms with Crippen LogP contribution >= 0.6 is 34.8 Å². The molecule has 0 radical (unpaired) electrons. The van der Waals surface area contributed by atoms with E-state index in [4.69, 9.17) is 44.3 Å². The van der Waals surface area contributed by atoms with E-state index in [1.165, 1.54) is 13.0 Å². The highest BCUT2D eigenvalue weighted by molar-refractivity contribution is 6.47. The Morgan fingerprint density at radius 1 is 1.27 bits per heavy atom. The fraction of sp³-hybridized carbons (Fsp3) is 0.353. The number of nitrogens with zero attached hydrogens (tertiary/aromatic N) is 1. The van der Waals surface area contributed by atoms with Gasteiger partial charge in [0.25, 0.3) is 0 Å². The zero-order valence-corrected chi connectivity index (χ0v) is 16.9. The first-order valence-electron chi connectivity index (χ1n) is 7.59. The molecule has 0 amide bonds. The lowest BCUT2D eigenvalue weighted by molar-refractivity contribution is -0.142. The highest BCUT2D eigenvalue weighted by Crippen LogP contribution is 2.39. The SMILES string of the molecule is CCOC(=O)c1c(Cl)c(Cl)cc(N=CC(C(=O)OC(C)C)=C(C)O)c1Cl. The van der Waals surface area contributed by atoms with Gasteiger partial charge in [-0.05, 0) is 33.8 Å². The molecule has 9 heteroatoms. The standard InChI is InChI=1S/C17H18Cl3NO5/c1-5-25-17(24)13-14(19)11(18)6-12(15(13)20)21-7-10(9(4)22)16(23)26-8(2)3/h6-8,22H,5H2,1-4H3. The second-order valence-corrected chi connectivity index (χ2v) is 6.48. The highest BCUT2D eigenvalue weighted by atomic mass is 35.5. The van der Waals surface area contributed by atoms with Gasteiger partial charge in [0.1, 0.15) is 16.9 Å². The number of esters is 2. The minimum absolute atomic E-state index is 0.0299. The summed E-state index contributed by atoms with van der Waals surface area (Å²) in [6.07, 6.45) is 0.690. The molecule has 1 N–H and O–H groups in total. The maximum Gasteiger partial charge on any atom is 0.343 e. The van der Waals surface area contributed by atoms with E-state index in [0.717, 1.165) is 6.21 Å². The van der Waals surface area contributed by atoms with Gasteiger partial charge in [0.05, 0.1) is 33.5 Å². The highest BCUT2D eigenvalue weighted by Gasteiger charge is 2.22. The molecular weight excluding hydrogens is 405 g/mol. The lowest BCUT2D eigenvalue weighted by Gasteiger charge is -2.11. The summed E-state index contributed by atoms with van der Waals surface area (Å²) < 4.78 is 9.93. The molecule has 26 heavy (non-hydrogen) atoms. The van der Waals surface area contributed by atoms with Crippen molar-refractivity contribution in [1.82, 2.24) is 0 Å². The van der Waals surface area contributed by atoms with Gasteiger partial charge in [0.2, 0.25) is 0 Å². The van der Waals surface area contributed by atoms with Crippen molar-refractivity contribution in [2.24, 2.45) is 4.99 Å². The maximum absolute atomic E-state index is 12.0. The third-order valence-corrected chi connectivity index (χ3v) is 4.07. The van der Waals surface area contributed by atoms with Gasteiger partial charge in [-0.25, -0.2) is 9.59 Å². The maximum atomic E-state index is 12.0. The number of halogens is 3. The van der Waals surface area contributed by atoms with E-state index < -0.39 is 11.9 Å². The van der Waals surface area contributed by atoms with Crippen LogP contribution in [-0.4, -0.2) is 36.0 Å². The topological polar surface area (TPSA) is 85.2 Å². The largest absolute Gasteiger partial charge is 0.512 e. The third-order valence-electron chi connectivity index (χ3n) is 2.90. The molecule has 1 rings (SSSR count). The number of carbonyl (C=O) groups is 2. The number of aliphatic imine (C=N–C) groups is 1. The summed E-state index contributed by atoms with van der Waals surface area (Å²) in [6.45, 7) is 6.39. The molecule has 142 valence electrons. The molecule has 0 unspecified atom stereocenters. The number of aliphatic hydroxyl groups is 1. The van der Waals surface area contributed by atoms with Crippen LogP contribution in [0.2, 0.25) is 15.1 Å². The minimum atomic E-state index is -0.759. The first-order valence-corrected chi connectivity index (χ1v) is 8.72. The van der Waals surface area contributed by atoms with Gasteiger partial charge in [-0.3, -0.25) is 4.99 Å². The smallest absolute Gasteiger partial charge is 0.343 e. The van der Waals surface area contributed by atoms with Crippen LogP contribution < -0.4 is 0 Å². The van der Waals surface area contributed by atoms with E-state index in [1.807, 2.05) is 0 Å². The van der Waals surface area contributed by atoms with Crippen molar-refractivity contribution in [3.05, 3.63) is 38.0 Å². The van der Waals surface area contributed by atoms with E-state index in [1.54, 1.807) is 20.8 Å². The van der Waals surface area contributed by atoms with Gasteiger partial charge < -0.3 is 14.6 Å². The summed E-state index contributed by atoms with van der Waals surface area (Å²) in [5, 5.41) is 9.55. The fourth-order valence-corrected chi connectivity index (χ4v) is 2.52. The van der Waals surface area contributed by atoms with E-state index in [-0.39, 0.29) is 50.4 Å². The number of hydrogen-bond donors (Lipinski definition) is 1. The molecule has 0 aliphatic heterocycles. The Bertz CT molecular complexity index is 768. The molecule has 0 saturated carbocycles. The summed E-state index contributed by atoms with van der Waals surface area (Å²) >= 11 is 18.2. The number of rotatable bonds is 6. The monoisotopic (exact) mass is 421 g/mol. The van der Waals surface area contributed by atoms with Gasteiger partial charge in [-0.1, -0.05) is 34.8 Å². The first kappa shape index (κ1) is 22.3. The Morgan fingerprint density at radius 3 is 2.38 bits per heavy atom. The van der Waals surface area contributed by atoms with E-state index in [9.17, 15) is 14.7 Å². The van der Waals surface area contributed by atoms with Crippen molar-refractivity contribution in [2.45, 2.75) is 33.8 Å². The molecule has 0 heterocycles. The molecule has 0 bridgehead atoms. The number of allylic oxidation sites excluding steroid dienone is 1. The van der Waals surface area contributed by atoms with Gasteiger partial charge in [-0.2, -0.15) is 0 Å². The molecule has 0 spiro atoms. The van der Waals surface area contributed by atoms with Crippen LogP contribution in [0.1, 0.15) is 38.1 Å². The minimum Gasteiger partial charge on any atom is -0.512 e. The van der Waals surface area contributed by atoms with Crippen LogP contribution in [0.5, 0.6) is 0 Å². The molecule has 0 aliphatic rings. The Balaban J connectivity index is 3.35. The zero-order chi connectivity index (χ0) is 20.0. The molecule has 0 saturated heterocycles. The number of hydrogen-bond acceptors (Lipinski definition) is 6. The second kappa shape index (κ2) is 9.80. The molecule has 0 aromatic heterocycles. The van der Waals surface area contributed by atoms with Gasteiger partial charge in [0, 0.05) is 6.21 Å². The van der Waals surface area contributed by atoms with Crippen molar-refractivity contribution in [2.75, 3.05) is 6.61 Å². The lowest BCUT2D eigenvalue weighted by atomic mass is 10.2. The van der Waals surface area contributed by atoms with Crippen molar-refractivity contribution in [1.29, 1.82) is 0 Å². The number of ether oxygens (including phenoxy) is 2. The molecule has 0 aliphatic carbocycles. The average molecular weight is 423 g/mol. The summed E-state index contributed by atoms with van der Waals surface area (Å²) in [4.78, 5) is 28.1. The number of carbonyl (C=O) groups excluding carboxylic acids is 2. The van der Waals surface area contributed by atoms with E-state index in [2.05, 4.69) is 4.99 Å². The molecule has 0 atom stereocenters. The van der Waals surface area contributed by atoms with Crippen molar-refractivity contribution in [3.63, 3.8) is 0 Å². The Kier molecular flexibility index (Phi) is 8.40. The van der Waals surface area contributed by atoms with Gasteiger partial charge in [0.15, 0.2) is 0 Å². The molecule has 1 aromatic carbocycles. The van der Waals surface area contributed by atoms with Gasteiger partial charge in [-0.15, -0.1) is 0 Å². The Hall–Kier alpha value is -1.76. The third kappa shape index (κ3) is 5.62. The molecule has 1 aromatic rings. The molecular formula is C17H18Cl3NO5. The van der Waals surface area contributed by atoms with Crippen molar-refractivity contribution < 1.29 is 24.2 Å². The van der Waals surface area contributed by atoms with Crippen molar-refractivity contribution >= 4 is 58.6 Å². The quantitative estimate of drug-likeness (QED) is 0.221. The predicted molar refractivity (Wildman–Crippen MR) is 102 cm³/mol. The van der Waals surface area contributed by atoms with Crippen molar-refractivity contribution in [3.8, 4) is 0 Å². The predicted octanol–water partition coefficient (Wildman–Crippen LogP) is 5.31. The van der Waals surface area contributed by atoms with Crippen LogP contribution in [0, 0.1) is 0 Å². The Morgan fingerprint density at radius 2 is 1.88 bits per heavy atom. The molecule has 0 fully saturated rings. The van der Waals surface area contributed by atoms with Crippen LogP contribution in [0.15, 0.2) is 22.4 Å². The lowest BCUT2D eigenvalue weighted by Crippen LogP contribution is -2.15. The fourth-order valence-electron chi connectivity index (χ4n) is 1.77. The second-order valence-electron chi connectivity index (χ2n) is 5.31. The first-order chi connectivity index (χ1) is 12.1. The zero-order valence-electron chi connectivity index (χ0n) is 14.6. The normalized spacial score (nSPS) is 12.3. The summed E-state index contributed by atoms with van der Waals surface area (Å²) in [6, 6.07) is 1.32. The average Bonchev–Trinajstić information content (AvgIpc) is 2.51. The van der Waals surface area contributed by atoms with Crippen LogP contribution in [-0.2, 0) is 14.3 Å². The van der Waals surface area contributed by atoms with E-state index >= 15 is 0 Å². The summed E-state index contributed by atoms with van der Waals surface area (Å²) in [5.74, 6) is -1.80. The van der Waals surface area contributed by atoms with Crippen LogP contribution in [0.25, 0.3) is 0 Å².